The number of hydrogen-bond acceptors (Lipinski definition) is 5. The van der Waals surface area contributed by atoms with Gasteiger partial charge in [0.2, 0.25) is 0 Å². The maximum Gasteiger partial charge on any atom is 0.339 e. The standard InChI is InChI=1S/C12H20N4O2/c1-12(2,8-16(3)4)7-13-10-9(11(17)18)5-6-14-15-10/h5-6H,7-8H2,1-4H3,(H,13,15)(H,17,18). The molecule has 0 bridgehead atoms. The summed E-state index contributed by atoms with van der Waals surface area (Å²) in [5.41, 5.74) is 0.155. The summed E-state index contributed by atoms with van der Waals surface area (Å²) in [6.45, 7) is 5.74. The second kappa shape index (κ2) is 5.77. The zero-order valence-electron chi connectivity index (χ0n) is 11.3. The minimum atomic E-state index is -1.00. The lowest BCUT2D eigenvalue weighted by molar-refractivity contribution is 0.0697. The maximum absolute atomic E-state index is 11.0. The van der Waals surface area contributed by atoms with Crippen molar-refractivity contribution in [1.29, 1.82) is 0 Å². The van der Waals surface area contributed by atoms with Crippen molar-refractivity contribution in [2.24, 2.45) is 5.41 Å². The molecule has 0 saturated heterocycles. The van der Waals surface area contributed by atoms with Gasteiger partial charge in [0.15, 0.2) is 5.82 Å². The highest BCUT2D eigenvalue weighted by Crippen LogP contribution is 2.18. The third kappa shape index (κ3) is 4.29. The number of carboxylic acids is 1. The third-order valence-corrected chi connectivity index (χ3v) is 2.43. The predicted octanol–water partition coefficient (Wildman–Crippen LogP) is 1.17. The molecular formula is C12H20N4O2. The monoisotopic (exact) mass is 252 g/mol. The normalized spacial score (nSPS) is 11.6. The van der Waals surface area contributed by atoms with Gasteiger partial charge in [0.25, 0.3) is 0 Å². The van der Waals surface area contributed by atoms with Gasteiger partial charge in [-0.25, -0.2) is 4.79 Å². The number of rotatable bonds is 6. The number of carbonyl (C=O) groups is 1. The van der Waals surface area contributed by atoms with E-state index < -0.39 is 5.97 Å². The van der Waals surface area contributed by atoms with Crippen LogP contribution < -0.4 is 5.32 Å². The van der Waals surface area contributed by atoms with E-state index in [1.807, 2.05) is 14.1 Å². The molecule has 0 atom stereocenters. The summed E-state index contributed by atoms with van der Waals surface area (Å²) in [4.78, 5) is 13.1. The van der Waals surface area contributed by atoms with Crippen molar-refractivity contribution in [2.75, 3.05) is 32.5 Å². The molecule has 1 heterocycles. The van der Waals surface area contributed by atoms with Gasteiger partial charge in [0.05, 0.1) is 6.20 Å². The van der Waals surface area contributed by atoms with Crippen molar-refractivity contribution in [3.8, 4) is 0 Å². The van der Waals surface area contributed by atoms with Crippen molar-refractivity contribution < 1.29 is 9.90 Å². The van der Waals surface area contributed by atoms with Crippen LogP contribution in [0.25, 0.3) is 0 Å². The second-order valence-corrected chi connectivity index (χ2v) is 5.35. The van der Waals surface area contributed by atoms with Gasteiger partial charge in [-0.05, 0) is 25.6 Å². The SMILES string of the molecule is CN(C)CC(C)(C)CNc1nnccc1C(=O)O. The summed E-state index contributed by atoms with van der Waals surface area (Å²) in [5.74, 6) is -0.686. The van der Waals surface area contributed by atoms with E-state index in [1.165, 1.54) is 12.3 Å². The fourth-order valence-corrected chi connectivity index (χ4v) is 1.87. The number of aromatic nitrogens is 2. The van der Waals surface area contributed by atoms with Gasteiger partial charge in [0.1, 0.15) is 5.56 Å². The molecule has 0 unspecified atom stereocenters. The Balaban J connectivity index is 2.71. The lowest BCUT2D eigenvalue weighted by Gasteiger charge is -2.28. The van der Waals surface area contributed by atoms with E-state index in [-0.39, 0.29) is 11.0 Å². The maximum atomic E-state index is 11.0. The lowest BCUT2D eigenvalue weighted by atomic mass is 9.93. The molecule has 0 spiro atoms. The third-order valence-electron chi connectivity index (χ3n) is 2.43. The second-order valence-electron chi connectivity index (χ2n) is 5.35. The minimum absolute atomic E-state index is 0.0107. The molecule has 1 rings (SSSR count). The van der Waals surface area contributed by atoms with E-state index in [0.29, 0.717) is 12.4 Å². The molecule has 0 aliphatic carbocycles. The van der Waals surface area contributed by atoms with Crippen molar-refractivity contribution in [3.63, 3.8) is 0 Å². The summed E-state index contributed by atoms with van der Waals surface area (Å²) in [5, 5.41) is 19.6. The van der Waals surface area contributed by atoms with E-state index >= 15 is 0 Å². The van der Waals surface area contributed by atoms with Crippen LogP contribution >= 0.6 is 0 Å². The molecule has 1 aromatic heterocycles. The van der Waals surface area contributed by atoms with Crippen LogP contribution in [-0.2, 0) is 0 Å². The molecule has 0 aliphatic heterocycles. The van der Waals surface area contributed by atoms with Crippen LogP contribution in [0, 0.1) is 5.41 Å². The van der Waals surface area contributed by atoms with E-state index in [0.717, 1.165) is 6.54 Å². The number of anilines is 1. The summed E-state index contributed by atoms with van der Waals surface area (Å²) in [6.07, 6.45) is 1.37. The molecule has 2 N–H and O–H groups in total. The van der Waals surface area contributed by atoms with Crippen molar-refractivity contribution >= 4 is 11.8 Å². The van der Waals surface area contributed by atoms with Gasteiger partial charge in [-0.3, -0.25) is 0 Å². The van der Waals surface area contributed by atoms with Crippen LogP contribution in [-0.4, -0.2) is 53.4 Å². The molecule has 0 aromatic carbocycles. The van der Waals surface area contributed by atoms with Crippen LogP contribution in [0.15, 0.2) is 12.3 Å². The quantitative estimate of drug-likeness (QED) is 0.791. The van der Waals surface area contributed by atoms with Gasteiger partial charge in [-0.1, -0.05) is 13.8 Å². The molecule has 0 radical (unpaired) electrons. The van der Waals surface area contributed by atoms with Crippen LogP contribution in [0.2, 0.25) is 0 Å². The first-order valence-corrected chi connectivity index (χ1v) is 5.75. The van der Waals surface area contributed by atoms with Crippen LogP contribution in [0.1, 0.15) is 24.2 Å². The van der Waals surface area contributed by atoms with Gasteiger partial charge < -0.3 is 15.3 Å². The minimum Gasteiger partial charge on any atom is -0.478 e. The largest absolute Gasteiger partial charge is 0.478 e. The molecular weight excluding hydrogens is 232 g/mol. The zero-order chi connectivity index (χ0) is 13.8. The Hall–Kier alpha value is -1.69. The predicted molar refractivity (Wildman–Crippen MR) is 69.8 cm³/mol. The van der Waals surface area contributed by atoms with E-state index in [2.05, 4.69) is 34.3 Å². The summed E-state index contributed by atoms with van der Waals surface area (Å²) in [6, 6.07) is 1.44. The summed E-state index contributed by atoms with van der Waals surface area (Å²) in [7, 11) is 4.01. The van der Waals surface area contributed by atoms with Crippen molar-refractivity contribution in [1.82, 2.24) is 15.1 Å². The van der Waals surface area contributed by atoms with Gasteiger partial charge in [-0.15, -0.1) is 5.10 Å². The van der Waals surface area contributed by atoms with Gasteiger partial charge in [0, 0.05) is 13.1 Å². The first kappa shape index (κ1) is 14.4. The Bertz CT molecular complexity index is 418. The Morgan fingerprint density at radius 3 is 2.72 bits per heavy atom. The highest BCUT2D eigenvalue weighted by molar-refractivity contribution is 5.92. The summed E-state index contributed by atoms with van der Waals surface area (Å²) >= 11 is 0. The first-order valence-electron chi connectivity index (χ1n) is 5.75. The smallest absolute Gasteiger partial charge is 0.339 e. The van der Waals surface area contributed by atoms with E-state index in [1.54, 1.807) is 0 Å². The van der Waals surface area contributed by atoms with E-state index in [4.69, 9.17) is 5.11 Å². The molecule has 18 heavy (non-hydrogen) atoms. The van der Waals surface area contributed by atoms with Crippen molar-refractivity contribution in [2.45, 2.75) is 13.8 Å². The fourth-order valence-electron chi connectivity index (χ4n) is 1.87. The Morgan fingerprint density at radius 1 is 1.50 bits per heavy atom. The summed E-state index contributed by atoms with van der Waals surface area (Å²) < 4.78 is 0. The fraction of sp³-hybridized carbons (Fsp3) is 0.583. The van der Waals surface area contributed by atoms with E-state index in [9.17, 15) is 4.79 Å². The Morgan fingerprint density at radius 2 is 2.17 bits per heavy atom. The number of hydrogen-bond donors (Lipinski definition) is 2. The van der Waals surface area contributed by atoms with Crippen LogP contribution in [0.4, 0.5) is 5.82 Å². The molecule has 6 nitrogen and oxygen atoms in total. The topological polar surface area (TPSA) is 78.3 Å². The average Bonchev–Trinajstić information content (AvgIpc) is 2.25. The Labute approximate surface area is 107 Å². The lowest BCUT2D eigenvalue weighted by Crippen LogP contribution is -2.34. The number of aromatic carboxylic acids is 1. The molecule has 0 aliphatic rings. The van der Waals surface area contributed by atoms with Crippen LogP contribution in [0.3, 0.4) is 0 Å². The molecule has 0 amide bonds. The first-order chi connectivity index (χ1) is 8.32. The van der Waals surface area contributed by atoms with Gasteiger partial charge in [-0.2, -0.15) is 5.10 Å². The highest BCUT2D eigenvalue weighted by Gasteiger charge is 2.20. The van der Waals surface area contributed by atoms with Gasteiger partial charge >= 0.3 is 5.97 Å². The van der Waals surface area contributed by atoms with Crippen LogP contribution in [0.5, 0.6) is 0 Å². The van der Waals surface area contributed by atoms with Crippen molar-refractivity contribution in [3.05, 3.63) is 17.8 Å². The number of nitrogens with zero attached hydrogens (tertiary/aromatic N) is 3. The molecule has 0 saturated carbocycles. The average molecular weight is 252 g/mol. The molecule has 0 fully saturated rings. The molecule has 1 aromatic rings. The number of carboxylic acid groups (broad SMARTS) is 1. The molecule has 100 valence electrons. The highest BCUT2D eigenvalue weighted by atomic mass is 16.4. The number of nitrogens with one attached hydrogen (secondary N) is 1. The zero-order valence-corrected chi connectivity index (χ0v) is 11.3. The Kier molecular flexibility index (Phi) is 4.61. The molecule has 6 heteroatoms.